The van der Waals surface area contributed by atoms with Crippen molar-refractivity contribution < 1.29 is 0 Å². The normalized spacial score (nSPS) is 11.5. The second-order valence-corrected chi connectivity index (χ2v) is 5.49. The first-order chi connectivity index (χ1) is 8.04. The van der Waals surface area contributed by atoms with E-state index in [-0.39, 0.29) is 0 Å². The summed E-state index contributed by atoms with van der Waals surface area (Å²) in [6.07, 6.45) is 1.02. The van der Waals surface area contributed by atoms with Gasteiger partial charge in [-0.05, 0) is 50.9 Å². The molecular weight excluding hydrogens is 253 g/mol. The van der Waals surface area contributed by atoms with Crippen LogP contribution in [0.1, 0.15) is 31.4 Å². The number of aryl methyl sites for hydroxylation is 1. The third kappa shape index (κ3) is 4.87. The van der Waals surface area contributed by atoms with Crippen molar-refractivity contribution in [2.75, 3.05) is 12.4 Å². The van der Waals surface area contributed by atoms with E-state index < -0.39 is 0 Å². The molecule has 0 radical (unpaired) electrons. The Labute approximate surface area is 115 Å². The number of nitrogens with zero attached hydrogens (tertiary/aromatic N) is 1. The van der Waals surface area contributed by atoms with Crippen LogP contribution in [0.5, 0.6) is 0 Å². The minimum atomic E-state index is 0.510. The van der Waals surface area contributed by atoms with Crippen molar-refractivity contribution >= 4 is 23.2 Å². The van der Waals surface area contributed by atoms with Crippen molar-refractivity contribution in [1.82, 2.24) is 4.90 Å². The third-order valence-corrected chi connectivity index (χ3v) is 3.51. The highest BCUT2D eigenvalue weighted by molar-refractivity contribution is 6.31. The fraction of sp³-hybridized carbons (Fsp3) is 0.571. The average Bonchev–Trinajstić information content (AvgIpc) is 2.26. The highest BCUT2D eigenvalue weighted by atomic mass is 35.5. The van der Waals surface area contributed by atoms with Crippen LogP contribution in [0.3, 0.4) is 0 Å². The Hall–Kier alpha value is -0.240. The summed E-state index contributed by atoms with van der Waals surface area (Å²) >= 11 is 12.0. The maximum absolute atomic E-state index is 6.26. The molecule has 0 heterocycles. The van der Waals surface area contributed by atoms with Crippen LogP contribution in [-0.2, 0) is 6.54 Å². The van der Waals surface area contributed by atoms with Gasteiger partial charge in [-0.15, -0.1) is 11.6 Å². The van der Waals surface area contributed by atoms with Gasteiger partial charge in [0.1, 0.15) is 0 Å². The van der Waals surface area contributed by atoms with Crippen LogP contribution in [-0.4, -0.2) is 23.4 Å². The Kier molecular flexibility index (Phi) is 6.32. The van der Waals surface area contributed by atoms with Crippen molar-refractivity contribution in [3.63, 3.8) is 0 Å². The number of benzene rings is 1. The summed E-state index contributed by atoms with van der Waals surface area (Å²) in [5.74, 6) is 0.713. The van der Waals surface area contributed by atoms with Crippen molar-refractivity contribution in [2.24, 2.45) is 0 Å². The van der Waals surface area contributed by atoms with E-state index in [0.29, 0.717) is 11.9 Å². The van der Waals surface area contributed by atoms with Crippen LogP contribution in [0.4, 0.5) is 0 Å². The summed E-state index contributed by atoms with van der Waals surface area (Å²) in [6, 6.07) is 6.77. The van der Waals surface area contributed by atoms with E-state index in [4.69, 9.17) is 23.2 Å². The molecule has 0 aromatic heterocycles. The Bertz CT molecular complexity index is 350. The molecule has 1 rings (SSSR count). The highest BCUT2D eigenvalue weighted by Crippen LogP contribution is 2.20. The highest BCUT2D eigenvalue weighted by Gasteiger charge is 2.11. The van der Waals surface area contributed by atoms with Gasteiger partial charge in [0.2, 0.25) is 0 Å². The van der Waals surface area contributed by atoms with Crippen LogP contribution in [0.15, 0.2) is 18.2 Å². The lowest BCUT2D eigenvalue weighted by Crippen LogP contribution is -2.31. The van der Waals surface area contributed by atoms with Crippen LogP contribution >= 0.6 is 23.2 Å². The van der Waals surface area contributed by atoms with Crippen LogP contribution < -0.4 is 0 Å². The predicted molar refractivity (Wildman–Crippen MR) is 77.1 cm³/mol. The second-order valence-electron chi connectivity index (χ2n) is 4.70. The van der Waals surface area contributed by atoms with Crippen molar-refractivity contribution in [2.45, 2.75) is 39.8 Å². The molecule has 17 heavy (non-hydrogen) atoms. The van der Waals surface area contributed by atoms with Gasteiger partial charge in [0.05, 0.1) is 0 Å². The zero-order valence-corrected chi connectivity index (χ0v) is 12.4. The SMILES string of the molecule is Cc1ccc(CN(CCCCl)C(C)C)c(Cl)c1. The molecule has 0 bridgehead atoms. The lowest BCUT2D eigenvalue weighted by atomic mass is 10.1. The lowest BCUT2D eigenvalue weighted by Gasteiger charge is -2.26. The summed E-state index contributed by atoms with van der Waals surface area (Å²) in [5.41, 5.74) is 2.40. The number of hydrogen-bond donors (Lipinski definition) is 0. The van der Waals surface area contributed by atoms with Gasteiger partial charge in [-0.2, -0.15) is 0 Å². The monoisotopic (exact) mass is 273 g/mol. The van der Waals surface area contributed by atoms with Crippen molar-refractivity contribution in [3.05, 3.63) is 34.3 Å². The molecular formula is C14H21Cl2N. The molecule has 0 N–H and O–H groups in total. The van der Waals surface area contributed by atoms with Crippen molar-refractivity contribution in [3.8, 4) is 0 Å². The first kappa shape index (κ1) is 14.8. The van der Waals surface area contributed by atoms with Crippen LogP contribution in [0.2, 0.25) is 5.02 Å². The summed E-state index contributed by atoms with van der Waals surface area (Å²) in [6.45, 7) is 8.38. The minimum absolute atomic E-state index is 0.510. The molecule has 96 valence electrons. The molecule has 0 spiro atoms. The standard InChI is InChI=1S/C14H21Cl2N/c1-11(2)17(8-4-7-15)10-13-6-5-12(3)9-14(13)16/h5-6,9,11H,4,7-8,10H2,1-3H3. The average molecular weight is 274 g/mol. The van der Waals surface area contributed by atoms with E-state index in [0.717, 1.165) is 24.5 Å². The zero-order chi connectivity index (χ0) is 12.8. The topological polar surface area (TPSA) is 3.24 Å². The molecule has 1 aromatic rings. The molecule has 1 aromatic carbocycles. The number of alkyl halides is 1. The fourth-order valence-corrected chi connectivity index (χ4v) is 2.20. The Morgan fingerprint density at radius 2 is 2.00 bits per heavy atom. The van der Waals surface area contributed by atoms with E-state index in [2.05, 4.69) is 37.8 Å². The van der Waals surface area contributed by atoms with E-state index in [1.54, 1.807) is 0 Å². The quantitative estimate of drug-likeness (QED) is 0.691. The smallest absolute Gasteiger partial charge is 0.0453 e. The number of rotatable bonds is 6. The van der Waals surface area contributed by atoms with Crippen LogP contribution in [0, 0.1) is 6.92 Å². The van der Waals surface area contributed by atoms with Crippen molar-refractivity contribution in [1.29, 1.82) is 0 Å². The predicted octanol–water partition coefficient (Wildman–Crippen LogP) is 4.49. The maximum atomic E-state index is 6.26. The Morgan fingerprint density at radius 3 is 2.53 bits per heavy atom. The number of halogens is 2. The van der Waals surface area contributed by atoms with E-state index in [1.165, 1.54) is 11.1 Å². The molecule has 0 saturated heterocycles. The molecule has 0 fully saturated rings. The molecule has 0 aliphatic carbocycles. The molecule has 0 saturated carbocycles. The van der Waals surface area contributed by atoms with Crippen LogP contribution in [0.25, 0.3) is 0 Å². The molecule has 1 nitrogen and oxygen atoms in total. The molecule has 0 aliphatic heterocycles. The van der Waals surface area contributed by atoms with Gasteiger partial charge in [0, 0.05) is 23.5 Å². The molecule has 0 amide bonds. The first-order valence-electron chi connectivity index (χ1n) is 6.09. The Morgan fingerprint density at radius 1 is 1.29 bits per heavy atom. The maximum Gasteiger partial charge on any atom is 0.0453 e. The first-order valence-corrected chi connectivity index (χ1v) is 7.01. The summed E-state index contributed by atoms with van der Waals surface area (Å²) in [4.78, 5) is 2.40. The van der Waals surface area contributed by atoms with Gasteiger partial charge in [0.25, 0.3) is 0 Å². The Balaban J connectivity index is 2.71. The largest absolute Gasteiger partial charge is 0.297 e. The van der Waals surface area contributed by atoms with Gasteiger partial charge >= 0.3 is 0 Å². The van der Waals surface area contributed by atoms with Gasteiger partial charge in [-0.1, -0.05) is 23.7 Å². The zero-order valence-electron chi connectivity index (χ0n) is 10.8. The minimum Gasteiger partial charge on any atom is -0.297 e. The summed E-state index contributed by atoms with van der Waals surface area (Å²) in [5, 5.41) is 0.863. The van der Waals surface area contributed by atoms with Gasteiger partial charge in [-0.25, -0.2) is 0 Å². The van der Waals surface area contributed by atoms with E-state index >= 15 is 0 Å². The molecule has 3 heteroatoms. The number of hydrogen-bond acceptors (Lipinski definition) is 1. The molecule has 0 atom stereocenters. The van der Waals surface area contributed by atoms with Gasteiger partial charge in [-0.3, -0.25) is 4.90 Å². The molecule has 0 aliphatic rings. The van der Waals surface area contributed by atoms with Gasteiger partial charge in [0.15, 0.2) is 0 Å². The molecule has 0 unspecified atom stereocenters. The lowest BCUT2D eigenvalue weighted by molar-refractivity contribution is 0.214. The fourth-order valence-electron chi connectivity index (χ4n) is 1.78. The second kappa shape index (κ2) is 7.25. The summed E-state index contributed by atoms with van der Waals surface area (Å²) in [7, 11) is 0. The third-order valence-electron chi connectivity index (χ3n) is 2.89. The van der Waals surface area contributed by atoms with Gasteiger partial charge < -0.3 is 0 Å². The van der Waals surface area contributed by atoms with E-state index in [1.807, 2.05) is 6.07 Å². The summed E-state index contributed by atoms with van der Waals surface area (Å²) < 4.78 is 0. The van der Waals surface area contributed by atoms with E-state index in [9.17, 15) is 0 Å².